The van der Waals surface area contributed by atoms with Gasteiger partial charge in [-0.25, -0.2) is 0 Å². The van der Waals surface area contributed by atoms with E-state index in [1.54, 1.807) is 13.8 Å². The number of carbonyl (C=O) groups excluding carboxylic acids is 3. The highest BCUT2D eigenvalue weighted by atomic mass is 32.1. The van der Waals surface area contributed by atoms with E-state index in [-0.39, 0.29) is 17.6 Å². The fraction of sp³-hybridized carbons (Fsp3) is 0.765. The van der Waals surface area contributed by atoms with Crippen molar-refractivity contribution < 1.29 is 24.3 Å². The molecule has 6 N–H and O–H groups in total. The van der Waals surface area contributed by atoms with Crippen molar-refractivity contribution in [3.63, 3.8) is 0 Å². The van der Waals surface area contributed by atoms with E-state index in [1.165, 1.54) is 0 Å². The maximum absolute atomic E-state index is 12.8. The molecule has 156 valence electrons. The average molecular weight is 405 g/mol. The third-order valence-electron chi connectivity index (χ3n) is 4.53. The Kier molecular flexibility index (Phi) is 11.7. The van der Waals surface area contributed by atoms with Crippen molar-refractivity contribution in [3.05, 3.63) is 0 Å². The Bertz CT molecular complexity index is 531. The number of rotatable bonds is 12. The van der Waals surface area contributed by atoms with Crippen LogP contribution in [-0.2, 0) is 19.2 Å². The smallest absolute Gasteiger partial charge is 0.322 e. The maximum Gasteiger partial charge on any atom is 0.322 e. The second-order valence-corrected chi connectivity index (χ2v) is 7.01. The number of thiol groups is 1. The lowest BCUT2D eigenvalue weighted by Gasteiger charge is -2.29. The van der Waals surface area contributed by atoms with E-state index in [0.29, 0.717) is 12.8 Å². The zero-order valence-corrected chi connectivity index (χ0v) is 17.2. The summed E-state index contributed by atoms with van der Waals surface area (Å²) < 4.78 is 0. The summed E-state index contributed by atoms with van der Waals surface area (Å²) in [4.78, 5) is 47.9. The second-order valence-electron chi connectivity index (χ2n) is 6.64. The van der Waals surface area contributed by atoms with E-state index in [2.05, 4.69) is 28.6 Å². The Morgan fingerprint density at radius 3 is 1.78 bits per heavy atom. The van der Waals surface area contributed by atoms with Gasteiger partial charge in [-0.3, -0.25) is 19.2 Å². The maximum atomic E-state index is 12.8. The largest absolute Gasteiger partial charge is 0.480 e. The molecular weight excluding hydrogens is 372 g/mol. The fourth-order valence-corrected chi connectivity index (χ4v) is 2.43. The van der Waals surface area contributed by atoms with Gasteiger partial charge in [-0.2, -0.15) is 12.6 Å². The monoisotopic (exact) mass is 404 g/mol. The Morgan fingerprint density at radius 2 is 1.37 bits per heavy atom. The van der Waals surface area contributed by atoms with Crippen LogP contribution in [0.2, 0.25) is 0 Å². The number of hydrogen-bond donors (Lipinski definition) is 6. The van der Waals surface area contributed by atoms with Crippen molar-refractivity contribution in [2.75, 3.05) is 12.3 Å². The first-order valence-electron chi connectivity index (χ1n) is 9.05. The number of carboxylic acids is 1. The van der Waals surface area contributed by atoms with Crippen molar-refractivity contribution in [2.24, 2.45) is 17.6 Å². The second kappa shape index (κ2) is 12.6. The van der Waals surface area contributed by atoms with E-state index in [1.807, 2.05) is 13.8 Å². The number of carbonyl (C=O) groups is 4. The quantitative estimate of drug-likeness (QED) is 0.242. The summed E-state index contributed by atoms with van der Waals surface area (Å²) in [5, 5.41) is 16.3. The standard InChI is InChI=1S/C17H32N4O5S/c1-5-9(3)13(16(25)19-7-12(22)23)21-17(26)14(10(4)6-2)20-15(24)11(18)8-27/h9-11,13-14,27H,5-8,18H2,1-4H3,(H,19,25)(H,20,24)(H,21,26)(H,22,23). The summed E-state index contributed by atoms with van der Waals surface area (Å²) in [5.74, 6) is -3.06. The summed E-state index contributed by atoms with van der Waals surface area (Å²) in [6.07, 6.45) is 1.21. The van der Waals surface area contributed by atoms with Gasteiger partial charge in [-0.05, 0) is 11.8 Å². The Balaban J connectivity index is 5.32. The molecule has 0 radical (unpaired) electrons. The van der Waals surface area contributed by atoms with Gasteiger partial charge in [0.1, 0.15) is 18.6 Å². The molecular formula is C17H32N4O5S. The third-order valence-corrected chi connectivity index (χ3v) is 4.93. The van der Waals surface area contributed by atoms with Crippen LogP contribution < -0.4 is 21.7 Å². The normalized spacial score (nSPS) is 16.4. The molecule has 5 atom stereocenters. The van der Waals surface area contributed by atoms with Gasteiger partial charge in [-0.15, -0.1) is 0 Å². The molecule has 0 rings (SSSR count). The summed E-state index contributed by atoms with van der Waals surface area (Å²) in [6, 6.07) is -2.63. The first-order valence-corrected chi connectivity index (χ1v) is 9.68. The van der Waals surface area contributed by atoms with Crippen molar-refractivity contribution in [1.29, 1.82) is 0 Å². The van der Waals surface area contributed by atoms with Crippen LogP contribution in [0.3, 0.4) is 0 Å². The molecule has 27 heavy (non-hydrogen) atoms. The predicted molar refractivity (Wildman–Crippen MR) is 105 cm³/mol. The van der Waals surface area contributed by atoms with E-state index in [9.17, 15) is 19.2 Å². The number of nitrogens with two attached hydrogens (primary N) is 1. The van der Waals surface area contributed by atoms with Crippen molar-refractivity contribution in [1.82, 2.24) is 16.0 Å². The Morgan fingerprint density at radius 1 is 0.926 bits per heavy atom. The van der Waals surface area contributed by atoms with E-state index >= 15 is 0 Å². The van der Waals surface area contributed by atoms with Gasteiger partial charge in [0.15, 0.2) is 0 Å². The molecule has 0 aliphatic rings. The average Bonchev–Trinajstić information content (AvgIpc) is 2.65. The first kappa shape index (κ1) is 25.2. The molecule has 0 aliphatic carbocycles. The van der Waals surface area contributed by atoms with Crippen LogP contribution in [0.15, 0.2) is 0 Å². The molecule has 3 amide bonds. The lowest BCUT2D eigenvalue weighted by molar-refractivity contribution is -0.139. The molecule has 0 aromatic heterocycles. The van der Waals surface area contributed by atoms with Crippen LogP contribution in [0.25, 0.3) is 0 Å². The Labute approximate surface area is 165 Å². The summed E-state index contributed by atoms with van der Waals surface area (Å²) >= 11 is 3.98. The summed E-state index contributed by atoms with van der Waals surface area (Å²) in [5.41, 5.74) is 5.65. The number of nitrogens with one attached hydrogen (secondary N) is 3. The van der Waals surface area contributed by atoms with Crippen LogP contribution in [-0.4, -0.2) is 59.2 Å². The van der Waals surface area contributed by atoms with Gasteiger partial charge in [-0.1, -0.05) is 40.5 Å². The van der Waals surface area contributed by atoms with Crippen molar-refractivity contribution >= 4 is 36.3 Å². The molecule has 5 unspecified atom stereocenters. The molecule has 0 aliphatic heterocycles. The van der Waals surface area contributed by atoms with Gasteiger partial charge < -0.3 is 26.8 Å². The highest BCUT2D eigenvalue weighted by Gasteiger charge is 2.32. The lowest BCUT2D eigenvalue weighted by atomic mass is 9.94. The predicted octanol–water partition coefficient (Wildman–Crippen LogP) is -0.494. The highest BCUT2D eigenvalue weighted by molar-refractivity contribution is 7.80. The van der Waals surface area contributed by atoms with Crippen molar-refractivity contribution in [3.8, 4) is 0 Å². The molecule has 0 spiro atoms. The zero-order chi connectivity index (χ0) is 21.1. The SMILES string of the molecule is CCC(C)C(NC(=O)C(N)CS)C(=O)NC(C(=O)NCC(=O)O)C(C)CC. The highest BCUT2D eigenvalue weighted by Crippen LogP contribution is 2.12. The van der Waals surface area contributed by atoms with Crippen molar-refractivity contribution in [2.45, 2.75) is 58.7 Å². The van der Waals surface area contributed by atoms with Crippen LogP contribution in [0.1, 0.15) is 40.5 Å². The van der Waals surface area contributed by atoms with Crippen LogP contribution >= 0.6 is 12.6 Å². The molecule has 0 heterocycles. The Hall–Kier alpha value is -1.81. The molecule has 0 bridgehead atoms. The van der Waals surface area contributed by atoms with Gasteiger partial charge in [0.25, 0.3) is 0 Å². The summed E-state index contributed by atoms with van der Waals surface area (Å²) in [7, 11) is 0. The summed E-state index contributed by atoms with van der Waals surface area (Å²) in [6.45, 7) is 6.78. The van der Waals surface area contributed by atoms with Gasteiger partial charge in [0, 0.05) is 5.75 Å². The molecule has 0 saturated carbocycles. The van der Waals surface area contributed by atoms with Gasteiger partial charge in [0.05, 0.1) is 6.04 Å². The minimum absolute atomic E-state index is 0.133. The molecule has 9 nitrogen and oxygen atoms in total. The van der Waals surface area contributed by atoms with Crippen LogP contribution in [0.5, 0.6) is 0 Å². The third kappa shape index (κ3) is 8.61. The van der Waals surface area contributed by atoms with E-state index in [0.717, 1.165) is 0 Å². The zero-order valence-electron chi connectivity index (χ0n) is 16.3. The molecule has 0 aromatic carbocycles. The lowest BCUT2D eigenvalue weighted by Crippen LogP contribution is -2.59. The molecule has 0 fully saturated rings. The van der Waals surface area contributed by atoms with E-state index < -0.39 is 48.4 Å². The fourth-order valence-electron chi connectivity index (χ4n) is 2.26. The van der Waals surface area contributed by atoms with Crippen LogP contribution in [0.4, 0.5) is 0 Å². The van der Waals surface area contributed by atoms with Gasteiger partial charge >= 0.3 is 5.97 Å². The molecule has 0 saturated heterocycles. The molecule has 10 heteroatoms. The van der Waals surface area contributed by atoms with E-state index in [4.69, 9.17) is 10.8 Å². The minimum Gasteiger partial charge on any atom is -0.480 e. The number of amides is 3. The number of aliphatic carboxylic acids is 1. The topological polar surface area (TPSA) is 151 Å². The molecule has 0 aromatic rings. The van der Waals surface area contributed by atoms with Gasteiger partial charge in [0.2, 0.25) is 17.7 Å². The van der Waals surface area contributed by atoms with Crippen LogP contribution in [0, 0.1) is 11.8 Å². The first-order chi connectivity index (χ1) is 12.6. The minimum atomic E-state index is -1.18. The number of hydrogen-bond acceptors (Lipinski definition) is 6. The number of carboxylic acid groups (broad SMARTS) is 1.